The first kappa shape index (κ1) is 16.0. The molecule has 0 amide bonds. The Morgan fingerprint density at radius 1 is 0.714 bits per heavy atom. The van der Waals surface area contributed by atoms with E-state index >= 15 is 0 Å². The maximum atomic E-state index is 2.40. The van der Waals surface area contributed by atoms with Crippen LogP contribution in [-0.4, -0.2) is 11.8 Å². The van der Waals surface area contributed by atoms with Crippen molar-refractivity contribution in [3.8, 4) is 5.69 Å². The highest BCUT2D eigenvalue weighted by molar-refractivity contribution is 7.26. The molecular formula is C25H17BNS. The van der Waals surface area contributed by atoms with Crippen molar-refractivity contribution < 1.29 is 0 Å². The molecule has 4 aromatic carbocycles. The van der Waals surface area contributed by atoms with Crippen LogP contribution in [0.15, 0.2) is 84.9 Å². The lowest BCUT2D eigenvalue weighted by Crippen LogP contribution is -2.09. The van der Waals surface area contributed by atoms with Crippen LogP contribution >= 0.6 is 11.3 Å². The molecule has 2 heterocycles. The summed E-state index contributed by atoms with van der Waals surface area (Å²) in [4.78, 5) is 0. The number of nitrogens with zero attached hydrogens (tertiary/aromatic N) is 1. The first-order chi connectivity index (χ1) is 13.8. The zero-order valence-corrected chi connectivity index (χ0v) is 16.3. The largest absolute Gasteiger partial charge is 0.309 e. The standard InChI is InChI=1S/C25H17BNS/c1-26-16-11-13-21-20(15-16)24-22(27(21)17-7-3-2-4-8-17)14-12-19-18-9-5-6-10-23(18)28-25(19)24/h2-15H,1H3. The summed E-state index contributed by atoms with van der Waals surface area (Å²) >= 11 is 1.90. The minimum Gasteiger partial charge on any atom is -0.309 e. The second kappa shape index (κ2) is 5.98. The van der Waals surface area contributed by atoms with Gasteiger partial charge in [0.15, 0.2) is 0 Å². The molecule has 0 N–H and O–H groups in total. The van der Waals surface area contributed by atoms with Crippen LogP contribution in [0.4, 0.5) is 0 Å². The smallest absolute Gasteiger partial charge is 0.148 e. The molecule has 0 atom stereocenters. The normalized spacial score (nSPS) is 11.8. The van der Waals surface area contributed by atoms with E-state index in [9.17, 15) is 0 Å². The van der Waals surface area contributed by atoms with Crippen molar-refractivity contribution in [2.24, 2.45) is 0 Å². The number of benzene rings is 4. The molecule has 0 unspecified atom stereocenters. The summed E-state index contributed by atoms with van der Waals surface area (Å²) in [5, 5.41) is 5.39. The topological polar surface area (TPSA) is 4.93 Å². The summed E-state index contributed by atoms with van der Waals surface area (Å²) in [7, 11) is 2.18. The molecule has 0 saturated heterocycles. The SMILES string of the molecule is C[B]c1ccc2c(c1)c1c3sc4ccccc4c3ccc1n2-c1ccccc1. The van der Waals surface area contributed by atoms with Gasteiger partial charge in [-0.2, -0.15) is 0 Å². The van der Waals surface area contributed by atoms with Crippen molar-refractivity contribution in [2.45, 2.75) is 6.82 Å². The molecular weight excluding hydrogens is 357 g/mol. The zero-order chi connectivity index (χ0) is 18.7. The second-order valence-corrected chi connectivity index (χ2v) is 8.22. The molecule has 0 fully saturated rings. The van der Waals surface area contributed by atoms with Crippen LogP contribution in [0.2, 0.25) is 6.82 Å². The fourth-order valence-electron chi connectivity index (χ4n) is 4.34. The van der Waals surface area contributed by atoms with Crippen molar-refractivity contribution >= 4 is 66.1 Å². The Bertz CT molecular complexity index is 1490. The van der Waals surface area contributed by atoms with Gasteiger partial charge >= 0.3 is 0 Å². The molecule has 0 spiro atoms. The molecule has 1 nitrogen and oxygen atoms in total. The van der Waals surface area contributed by atoms with Crippen molar-refractivity contribution in [3.63, 3.8) is 0 Å². The molecule has 2 aromatic heterocycles. The van der Waals surface area contributed by atoms with Gasteiger partial charge in [-0.15, -0.1) is 11.3 Å². The Balaban J connectivity index is 1.87. The van der Waals surface area contributed by atoms with Crippen molar-refractivity contribution in [3.05, 3.63) is 84.9 Å². The molecule has 131 valence electrons. The highest BCUT2D eigenvalue weighted by Gasteiger charge is 2.17. The maximum Gasteiger partial charge on any atom is 0.148 e. The van der Waals surface area contributed by atoms with Gasteiger partial charge in [0.2, 0.25) is 0 Å². The van der Waals surface area contributed by atoms with Crippen molar-refractivity contribution in [1.82, 2.24) is 4.57 Å². The monoisotopic (exact) mass is 374 g/mol. The Kier molecular flexibility index (Phi) is 3.41. The molecule has 0 aliphatic rings. The molecule has 0 aliphatic carbocycles. The molecule has 0 saturated carbocycles. The summed E-state index contributed by atoms with van der Waals surface area (Å²) in [6.45, 7) is 2.10. The van der Waals surface area contributed by atoms with Crippen LogP contribution in [0.1, 0.15) is 0 Å². The van der Waals surface area contributed by atoms with Crippen LogP contribution in [0.25, 0.3) is 47.7 Å². The summed E-state index contributed by atoms with van der Waals surface area (Å²) in [6, 6.07) is 30.8. The minimum atomic E-state index is 1.20. The van der Waals surface area contributed by atoms with Crippen LogP contribution in [-0.2, 0) is 0 Å². The third kappa shape index (κ3) is 2.14. The van der Waals surface area contributed by atoms with Gasteiger partial charge in [0, 0.05) is 36.6 Å². The second-order valence-electron chi connectivity index (χ2n) is 7.17. The van der Waals surface area contributed by atoms with E-state index < -0.39 is 0 Å². The third-order valence-electron chi connectivity index (χ3n) is 5.64. The lowest BCUT2D eigenvalue weighted by molar-refractivity contribution is 1.18. The summed E-state index contributed by atoms with van der Waals surface area (Å²) in [5.41, 5.74) is 5.00. The molecule has 1 radical (unpaired) electrons. The molecule has 6 aromatic rings. The van der Waals surface area contributed by atoms with Crippen LogP contribution in [0.3, 0.4) is 0 Å². The summed E-state index contributed by atoms with van der Waals surface area (Å²) in [6.07, 6.45) is 0. The number of hydrogen-bond donors (Lipinski definition) is 0. The van der Waals surface area contributed by atoms with E-state index in [0.29, 0.717) is 0 Å². The van der Waals surface area contributed by atoms with Crippen LogP contribution in [0, 0.1) is 0 Å². The van der Waals surface area contributed by atoms with Crippen molar-refractivity contribution in [1.29, 1.82) is 0 Å². The summed E-state index contributed by atoms with van der Waals surface area (Å²) < 4.78 is 5.13. The third-order valence-corrected chi connectivity index (χ3v) is 6.85. The highest BCUT2D eigenvalue weighted by atomic mass is 32.1. The van der Waals surface area contributed by atoms with Crippen LogP contribution in [0.5, 0.6) is 0 Å². The number of para-hydroxylation sites is 1. The zero-order valence-electron chi connectivity index (χ0n) is 15.5. The first-order valence-corrected chi connectivity index (χ1v) is 10.4. The predicted molar refractivity (Wildman–Crippen MR) is 125 cm³/mol. The Morgan fingerprint density at radius 2 is 1.50 bits per heavy atom. The average molecular weight is 374 g/mol. The number of thiophene rings is 1. The van der Waals surface area contributed by atoms with Crippen molar-refractivity contribution in [2.75, 3.05) is 0 Å². The van der Waals surface area contributed by atoms with E-state index in [1.165, 1.54) is 53.1 Å². The number of aromatic nitrogens is 1. The van der Waals surface area contributed by atoms with Gasteiger partial charge in [-0.25, -0.2) is 0 Å². The molecule has 0 bridgehead atoms. The van der Waals surface area contributed by atoms with E-state index in [1.54, 1.807) is 0 Å². The highest BCUT2D eigenvalue weighted by Crippen LogP contribution is 2.42. The van der Waals surface area contributed by atoms with Crippen LogP contribution < -0.4 is 5.46 Å². The molecule has 3 heteroatoms. The number of rotatable bonds is 2. The maximum absolute atomic E-state index is 2.40. The lowest BCUT2D eigenvalue weighted by Gasteiger charge is -2.07. The minimum absolute atomic E-state index is 1.20. The quantitative estimate of drug-likeness (QED) is 0.304. The van der Waals surface area contributed by atoms with Gasteiger partial charge in [0.05, 0.1) is 11.0 Å². The predicted octanol–water partition coefficient (Wildman–Crippen LogP) is 6.53. The Morgan fingerprint density at radius 3 is 2.36 bits per heavy atom. The van der Waals surface area contributed by atoms with E-state index in [0.717, 1.165) is 0 Å². The van der Waals surface area contributed by atoms with E-state index in [-0.39, 0.29) is 0 Å². The van der Waals surface area contributed by atoms with Gasteiger partial charge < -0.3 is 4.57 Å². The van der Waals surface area contributed by atoms with E-state index in [1.807, 2.05) is 11.3 Å². The van der Waals surface area contributed by atoms with E-state index in [2.05, 4.69) is 104 Å². The fourth-order valence-corrected chi connectivity index (χ4v) is 5.60. The molecule has 28 heavy (non-hydrogen) atoms. The van der Waals surface area contributed by atoms with Gasteiger partial charge in [-0.3, -0.25) is 0 Å². The average Bonchev–Trinajstić information content (AvgIpc) is 3.29. The van der Waals surface area contributed by atoms with Gasteiger partial charge in [-0.1, -0.05) is 66.9 Å². The Hall–Kier alpha value is -3.04. The summed E-state index contributed by atoms with van der Waals surface area (Å²) in [5.74, 6) is 0. The van der Waals surface area contributed by atoms with Gasteiger partial charge in [-0.05, 0) is 30.3 Å². The van der Waals surface area contributed by atoms with E-state index in [4.69, 9.17) is 0 Å². The van der Waals surface area contributed by atoms with Gasteiger partial charge in [0.25, 0.3) is 0 Å². The first-order valence-electron chi connectivity index (χ1n) is 9.58. The lowest BCUT2D eigenvalue weighted by atomic mass is 9.73. The molecule has 6 rings (SSSR count). The fraction of sp³-hybridized carbons (Fsp3) is 0.0400. The number of fused-ring (bicyclic) bond motifs is 7. The van der Waals surface area contributed by atoms with Gasteiger partial charge in [0.1, 0.15) is 7.28 Å². The molecule has 0 aliphatic heterocycles. The Labute approximate surface area is 168 Å². The number of hydrogen-bond acceptors (Lipinski definition) is 1.